The van der Waals surface area contributed by atoms with Crippen molar-refractivity contribution in [3.63, 3.8) is 0 Å². The lowest BCUT2D eigenvalue weighted by molar-refractivity contribution is -0.126. The van der Waals surface area contributed by atoms with Gasteiger partial charge in [-0.3, -0.25) is 19.3 Å². The lowest BCUT2D eigenvalue weighted by atomic mass is 9.53. The SMILES string of the molecule is Cc1ccc2c(c1)C(=O)N(CCC(=O)NC13CC4CC(CC(C4)C1)C3)C2=O. The van der Waals surface area contributed by atoms with Crippen LogP contribution in [0.2, 0.25) is 0 Å². The quantitative estimate of drug-likeness (QED) is 0.833. The largest absolute Gasteiger partial charge is 0.351 e. The van der Waals surface area contributed by atoms with Crippen molar-refractivity contribution in [2.45, 2.75) is 57.4 Å². The molecule has 6 rings (SSSR count). The van der Waals surface area contributed by atoms with Gasteiger partial charge in [0.05, 0.1) is 11.1 Å². The molecule has 0 radical (unpaired) electrons. The Balaban J connectivity index is 1.23. The van der Waals surface area contributed by atoms with E-state index >= 15 is 0 Å². The van der Waals surface area contributed by atoms with E-state index in [1.807, 2.05) is 13.0 Å². The average molecular weight is 366 g/mol. The van der Waals surface area contributed by atoms with Gasteiger partial charge in [0, 0.05) is 18.5 Å². The molecule has 142 valence electrons. The number of carbonyl (C=O) groups excluding carboxylic acids is 3. The van der Waals surface area contributed by atoms with Crippen molar-refractivity contribution in [1.29, 1.82) is 0 Å². The first-order valence-electron chi connectivity index (χ1n) is 10.2. The van der Waals surface area contributed by atoms with Gasteiger partial charge in [0.1, 0.15) is 0 Å². The van der Waals surface area contributed by atoms with Gasteiger partial charge in [-0.2, -0.15) is 0 Å². The molecule has 4 bridgehead atoms. The number of amides is 3. The van der Waals surface area contributed by atoms with Crippen LogP contribution in [-0.2, 0) is 4.79 Å². The van der Waals surface area contributed by atoms with Gasteiger partial charge in [0.2, 0.25) is 5.91 Å². The molecule has 5 aliphatic rings. The monoisotopic (exact) mass is 366 g/mol. The second kappa shape index (κ2) is 5.91. The summed E-state index contributed by atoms with van der Waals surface area (Å²) in [6.45, 7) is 2.06. The first kappa shape index (κ1) is 17.0. The zero-order chi connectivity index (χ0) is 18.8. The third-order valence-corrected chi connectivity index (χ3v) is 7.13. The maximum absolute atomic E-state index is 12.7. The molecule has 4 saturated carbocycles. The van der Waals surface area contributed by atoms with Crippen molar-refractivity contribution in [2.24, 2.45) is 17.8 Å². The van der Waals surface area contributed by atoms with Gasteiger partial charge in [0.15, 0.2) is 0 Å². The number of benzene rings is 1. The maximum Gasteiger partial charge on any atom is 0.261 e. The summed E-state index contributed by atoms with van der Waals surface area (Å²) in [6.07, 6.45) is 7.52. The molecular weight excluding hydrogens is 340 g/mol. The van der Waals surface area contributed by atoms with Crippen LogP contribution in [0.3, 0.4) is 0 Å². The molecule has 4 fully saturated rings. The van der Waals surface area contributed by atoms with Gasteiger partial charge in [-0.15, -0.1) is 0 Å². The number of nitrogens with one attached hydrogen (secondary N) is 1. The summed E-state index contributed by atoms with van der Waals surface area (Å²) in [5.41, 5.74) is 1.84. The summed E-state index contributed by atoms with van der Waals surface area (Å²) in [6, 6.07) is 5.30. The molecule has 0 saturated heterocycles. The summed E-state index contributed by atoms with van der Waals surface area (Å²) >= 11 is 0. The van der Waals surface area contributed by atoms with Crippen LogP contribution in [0.25, 0.3) is 0 Å². The summed E-state index contributed by atoms with van der Waals surface area (Å²) in [5, 5.41) is 3.32. The summed E-state index contributed by atoms with van der Waals surface area (Å²) in [5.74, 6) is 1.74. The highest BCUT2D eigenvalue weighted by Gasteiger charge is 2.51. The molecule has 0 spiro atoms. The molecule has 4 aliphatic carbocycles. The number of hydrogen-bond donors (Lipinski definition) is 1. The maximum atomic E-state index is 12.7. The highest BCUT2D eigenvalue weighted by molar-refractivity contribution is 6.21. The van der Waals surface area contributed by atoms with Crippen LogP contribution >= 0.6 is 0 Å². The van der Waals surface area contributed by atoms with E-state index in [1.165, 1.54) is 24.2 Å². The Labute approximate surface area is 159 Å². The van der Waals surface area contributed by atoms with Gasteiger partial charge in [-0.1, -0.05) is 11.6 Å². The molecule has 0 atom stereocenters. The van der Waals surface area contributed by atoms with Crippen molar-refractivity contribution in [2.75, 3.05) is 6.54 Å². The number of nitrogens with zero attached hydrogens (tertiary/aromatic N) is 1. The van der Waals surface area contributed by atoms with E-state index in [9.17, 15) is 14.4 Å². The van der Waals surface area contributed by atoms with E-state index in [2.05, 4.69) is 5.32 Å². The highest BCUT2D eigenvalue weighted by atomic mass is 16.2. The fourth-order valence-electron chi connectivity index (χ4n) is 6.44. The van der Waals surface area contributed by atoms with Gasteiger partial charge in [0.25, 0.3) is 11.8 Å². The third kappa shape index (κ3) is 2.79. The first-order valence-corrected chi connectivity index (χ1v) is 10.2. The van der Waals surface area contributed by atoms with Crippen LogP contribution in [0.15, 0.2) is 18.2 Å². The zero-order valence-electron chi connectivity index (χ0n) is 15.8. The third-order valence-electron chi connectivity index (χ3n) is 7.13. The first-order chi connectivity index (χ1) is 12.9. The van der Waals surface area contributed by atoms with Crippen molar-refractivity contribution in [1.82, 2.24) is 10.2 Å². The van der Waals surface area contributed by atoms with Crippen molar-refractivity contribution >= 4 is 17.7 Å². The molecule has 1 aliphatic heterocycles. The van der Waals surface area contributed by atoms with Crippen molar-refractivity contribution in [3.8, 4) is 0 Å². The Kier molecular flexibility index (Phi) is 3.72. The minimum Gasteiger partial charge on any atom is -0.351 e. The Morgan fingerprint density at radius 2 is 1.63 bits per heavy atom. The zero-order valence-corrected chi connectivity index (χ0v) is 15.8. The minimum absolute atomic E-state index is 0.0229. The van der Waals surface area contributed by atoms with E-state index < -0.39 is 0 Å². The summed E-state index contributed by atoms with van der Waals surface area (Å²) in [4.78, 5) is 39.0. The second-order valence-corrected chi connectivity index (χ2v) is 9.31. The van der Waals surface area contributed by atoms with E-state index in [0.717, 1.165) is 42.6 Å². The van der Waals surface area contributed by atoms with Crippen LogP contribution in [0.1, 0.15) is 71.2 Å². The molecule has 0 unspecified atom stereocenters. The van der Waals surface area contributed by atoms with Crippen LogP contribution in [-0.4, -0.2) is 34.7 Å². The standard InChI is InChI=1S/C22H26N2O3/c1-13-2-3-17-18(6-13)21(27)24(20(17)26)5-4-19(25)23-22-10-14-7-15(11-22)9-16(8-14)12-22/h2-3,6,14-16H,4-5,7-12H2,1H3,(H,23,25). The topological polar surface area (TPSA) is 66.5 Å². The van der Waals surface area contributed by atoms with Crippen molar-refractivity contribution < 1.29 is 14.4 Å². The molecule has 5 heteroatoms. The number of imide groups is 1. The minimum atomic E-state index is -0.280. The van der Waals surface area contributed by atoms with E-state index in [0.29, 0.717) is 11.1 Å². The molecule has 3 amide bonds. The molecule has 1 heterocycles. The van der Waals surface area contributed by atoms with Gasteiger partial charge in [-0.05, 0) is 75.3 Å². The van der Waals surface area contributed by atoms with Gasteiger partial charge < -0.3 is 5.32 Å². The molecule has 27 heavy (non-hydrogen) atoms. The van der Waals surface area contributed by atoms with Crippen LogP contribution < -0.4 is 5.32 Å². The Hall–Kier alpha value is -2.17. The second-order valence-electron chi connectivity index (χ2n) is 9.31. The predicted molar refractivity (Wildman–Crippen MR) is 100 cm³/mol. The molecule has 0 aromatic heterocycles. The number of aryl methyl sites for hydroxylation is 1. The molecule has 1 aromatic carbocycles. The molecule has 1 N–H and O–H groups in total. The number of hydrogen-bond acceptors (Lipinski definition) is 3. The van der Waals surface area contributed by atoms with Crippen molar-refractivity contribution in [3.05, 3.63) is 34.9 Å². The highest BCUT2D eigenvalue weighted by Crippen LogP contribution is 2.55. The lowest BCUT2D eigenvalue weighted by Gasteiger charge is -2.56. The molecular formula is C22H26N2O3. The normalized spacial score (nSPS) is 33.5. The van der Waals surface area contributed by atoms with E-state index in [1.54, 1.807) is 12.1 Å². The van der Waals surface area contributed by atoms with Crippen LogP contribution in [0, 0.1) is 24.7 Å². The lowest BCUT2D eigenvalue weighted by Crippen LogP contribution is -2.60. The van der Waals surface area contributed by atoms with Gasteiger partial charge in [-0.25, -0.2) is 0 Å². The van der Waals surface area contributed by atoms with Crippen LogP contribution in [0.4, 0.5) is 0 Å². The number of fused-ring (bicyclic) bond motifs is 1. The fourth-order valence-corrected chi connectivity index (χ4v) is 6.44. The Bertz CT molecular complexity index is 809. The summed E-state index contributed by atoms with van der Waals surface area (Å²) in [7, 11) is 0. The molecule has 5 nitrogen and oxygen atoms in total. The van der Waals surface area contributed by atoms with E-state index in [4.69, 9.17) is 0 Å². The molecule has 1 aromatic rings. The fraction of sp³-hybridized carbons (Fsp3) is 0.591. The average Bonchev–Trinajstić information content (AvgIpc) is 2.82. The number of rotatable bonds is 4. The Morgan fingerprint density at radius 1 is 1.04 bits per heavy atom. The number of carbonyl (C=O) groups is 3. The predicted octanol–water partition coefficient (Wildman–Crippen LogP) is 3.07. The Morgan fingerprint density at radius 3 is 2.26 bits per heavy atom. The smallest absolute Gasteiger partial charge is 0.261 e. The summed E-state index contributed by atoms with van der Waals surface area (Å²) < 4.78 is 0. The van der Waals surface area contributed by atoms with Gasteiger partial charge >= 0.3 is 0 Å². The van der Waals surface area contributed by atoms with Crippen LogP contribution in [0.5, 0.6) is 0 Å². The van der Waals surface area contributed by atoms with E-state index in [-0.39, 0.29) is 36.2 Å².